The average molecular weight is 221 g/mol. The minimum atomic E-state index is 0.125. The summed E-state index contributed by atoms with van der Waals surface area (Å²) in [5.74, 6) is 0. The van der Waals surface area contributed by atoms with Crippen molar-refractivity contribution in [2.24, 2.45) is 0 Å². The lowest BCUT2D eigenvalue weighted by Gasteiger charge is -2.27. The molecule has 3 nitrogen and oxygen atoms in total. The quantitative estimate of drug-likeness (QED) is 0.849. The molecule has 3 heteroatoms. The van der Waals surface area contributed by atoms with Crippen LogP contribution in [0.4, 0.5) is 0 Å². The first-order valence-corrected chi connectivity index (χ1v) is 5.82. The number of nitrogens with one attached hydrogen (secondary N) is 1. The molecule has 0 aromatic carbocycles. The number of hydrogen-bond donors (Lipinski definition) is 1. The molecule has 16 heavy (non-hydrogen) atoms. The van der Waals surface area contributed by atoms with Crippen LogP contribution in [0.5, 0.6) is 0 Å². The lowest BCUT2D eigenvalue weighted by molar-refractivity contribution is 0.378. The molecular formula is C13H23N3. The average Bonchev–Trinajstić information content (AvgIpc) is 2.17. The van der Waals surface area contributed by atoms with Gasteiger partial charge in [0.25, 0.3) is 0 Å². The van der Waals surface area contributed by atoms with Gasteiger partial charge in [0.05, 0.1) is 0 Å². The highest BCUT2D eigenvalue weighted by atomic mass is 14.9. The van der Waals surface area contributed by atoms with Crippen LogP contribution >= 0.6 is 0 Å². The van der Waals surface area contributed by atoms with Gasteiger partial charge in [-0.15, -0.1) is 0 Å². The Balaban J connectivity index is 2.53. The summed E-state index contributed by atoms with van der Waals surface area (Å²) in [5.41, 5.74) is 1.51. The smallest absolute Gasteiger partial charge is 0.115 e. The number of aromatic nitrogens is 2. The third kappa shape index (κ3) is 4.27. The number of nitrogens with zero attached hydrogens (tertiary/aromatic N) is 2. The summed E-state index contributed by atoms with van der Waals surface area (Å²) in [6.07, 6.45) is 6.47. The van der Waals surface area contributed by atoms with Crippen molar-refractivity contribution in [3.05, 3.63) is 24.3 Å². The third-order valence-electron chi connectivity index (χ3n) is 2.75. The number of rotatable bonds is 4. The molecule has 0 aliphatic rings. The van der Waals surface area contributed by atoms with Crippen molar-refractivity contribution in [1.82, 2.24) is 15.3 Å². The van der Waals surface area contributed by atoms with Gasteiger partial charge in [-0.05, 0) is 44.7 Å². The van der Waals surface area contributed by atoms with Gasteiger partial charge in [0.15, 0.2) is 0 Å². The van der Waals surface area contributed by atoms with E-state index >= 15 is 0 Å². The summed E-state index contributed by atoms with van der Waals surface area (Å²) < 4.78 is 0. The summed E-state index contributed by atoms with van der Waals surface area (Å²) in [4.78, 5) is 8.15. The van der Waals surface area contributed by atoms with Crippen LogP contribution in [0, 0.1) is 0 Å². The molecular weight excluding hydrogens is 198 g/mol. The van der Waals surface area contributed by atoms with Gasteiger partial charge in [0.2, 0.25) is 0 Å². The van der Waals surface area contributed by atoms with E-state index in [1.165, 1.54) is 5.56 Å². The van der Waals surface area contributed by atoms with Crippen molar-refractivity contribution in [3.63, 3.8) is 0 Å². The van der Waals surface area contributed by atoms with Crippen LogP contribution in [0.25, 0.3) is 0 Å². The molecule has 0 amide bonds. The molecule has 0 aliphatic heterocycles. The van der Waals surface area contributed by atoms with Crippen LogP contribution in [-0.4, -0.2) is 22.1 Å². The topological polar surface area (TPSA) is 37.8 Å². The Morgan fingerprint density at radius 3 is 2.12 bits per heavy atom. The van der Waals surface area contributed by atoms with E-state index in [9.17, 15) is 0 Å². The summed E-state index contributed by atoms with van der Waals surface area (Å²) in [6, 6.07) is 0. The van der Waals surface area contributed by atoms with Gasteiger partial charge >= 0.3 is 0 Å². The highest BCUT2D eigenvalue weighted by Crippen LogP contribution is 2.25. The normalized spacial score (nSPS) is 12.8. The van der Waals surface area contributed by atoms with E-state index in [-0.39, 0.29) is 11.0 Å². The van der Waals surface area contributed by atoms with Crippen LogP contribution in [0.3, 0.4) is 0 Å². The maximum atomic E-state index is 4.08. The summed E-state index contributed by atoms with van der Waals surface area (Å²) in [6.45, 7) is 12.0. The zero-order valence-corrected chi connectivity index (χ0v) is 11.0. The highest BCUT2D eigenvalue weighted by molar-refractivity contribution is 5.15. The Bertz CT molecular complexity index is 312. The Morgan fingerprint density at radius 2 is 1.62 bits per heavy atom. The van der Waals surface area contributed by atoms with Crippen LogP contribution < -0.4 is 5.32 Å². The molecule has 0 unspecified atom stereocenters. The Labute approximate surface area is 98.7 Å². The maximum Gasteiger partial charge on any atom is 0.115 e. The molecule has 0 radical (unpaired) electrons. The molecule has 0 atom stereocenters. The largest absolute Gasteiger partial charge is 0.312 e. The molecule has 1 aromatic heterocycles. The molecule has 0 fully saturated rings. The molecule has 1 N–H and O–H groups in total. The van der Waals surface area contributed by atoms with Crippen molar-refractivity contribution in [3.8, 4) is 0 Å². The van der Waals surface area contributed by atoms with Gasteiger partial charge in [0, 0.05) is 17.9 Å². The Hall–Kier alpha value is -0.960. The molecule has 0 spiro atoms. The van der Waals surface area contributed by atoms with Crippen molar-refractivity contribution in [1.29, 1.82) is 0 Å². The third-order valence-corrected chi connectivity index (χ3v) is 2.75. The molecule has 1 heterocycles. The van der Waals surface area contributed by atoms with Gasteiger partial charge in [-0.25, -0.2) is 9.97 Å². The van der Waals surface area contributed by atoms with Crippen molar-refractivity contribution < 1.29 is 0 Å². The van der Waals surface area contributed by atoms with E-state index in [1.54, 1.807) is 6.33 Å². The molecule has 1 rings (SSSR count). The van der Waals surface area contributed by atoms with Crippen molar-refractivity contribution in [2.45, 2.75) is 52.0 Å². The lowest BCUT2D eigenvalue weighted by atomic mass is 9.83. The van der Waals surface area contributed by atoms with Gasteiger partial charge in [-0.3, -0.25) is 0 Å². The van der Waals surface area contributed by atoms with E-state index in [1.807, 2.05) is 12.4 Å². The van der Waals surface area contributed by atoms with Gasteiger partial charge < -0.3 is 5.32 Å². The fourth-order valence-electron chi connectivity index (χ4n) is 1.54. The van der Waals surface area contributed by atoms with E-state index in [0.717, 1.165) is 13.0 Å². The van der Waals surface area contributed by atoms with E-state index in [4.69, 9.17) is 0 Å². The second-order valence-corrected chi connectivity index (χ2v) is 5.94. The Morgan fingerprint density at radius 1 is 1.06 bits per heavy atom. The molecule has 0 bridgehead atoms. The first-order chi connectivity index (χ1) is 7.31. The van der Waals surface area contributed by atoms with Crippen molar-refractivity contribution in [2.75, 3.05) is 6.54 Å². The first-order valence-electron chi connectivity index (χ1n) is 5.82. The van der Waals surface area contributed by atoms with Crippen LogP contribution in [0.15, 0.2) is 18.7 Å². The SMILES string of the molecule is CC(C)(C)NCCC(C)(C)c1cncnc1. The zero-order chi connectivity index (χ0) is 12.2. The van der Waals surface area contributed by atoms with Crippen LogP contribution in [-0.2, 0) is 5.41 Å². The first kappa shape index (κ1) is 13.1. The summed E-state index contributed by atoms with van der Waals surface area (Å²) in [5, 5.41) is 3.51. The molecule has 0 saturated heterocycles. The van der Waals surface area contributed by atoms with Crippen LogP contribution in [0.1, 0.15) is 46.6 Å². The predicted octanol–water partition coefficient (Wildman–Crippen LogP) is 2.53. The molecule has 0 saturated carbocycles. The van der Waals surface area contributed by atoms with Gasteiger partial charge in [-0.2, -0.15) is 0 Å². The lowest BCUT2D eigenvalue weighted by Crippen LogP contribution is -2.38. The fraction of sp³-hybridized carbons (Fsp3) is 0.692. The predicted molar refractivity (Wildman–Crippen MR) is 67.4 cm³/mol. The standard InChI is InChI=1S/C13H23N3/c1-12(2,3)16-7-6-13(4,5)11-8-14-10-15-9-11/h8-10,16H,6-7H2,1-5H3. The van der Waals surface area contributed by atoms with E-state index in [0.29, 0.717) is 0 Å². The minimum absolute atomic E-state index is 0.125. The second-order valence-electron chi connectivity index (χ2n) is 5.94. The number of hydrogen-bond acceptors (Lipinski definition) is 3. The summed E-state index contributed by atoms with van der Waals surface area (Å²) >= 11 is 0. The maximum absolute atomic E-state index is 4.08. The van der Waals surface area contributed by atoms with Crippen molar-refractivity contribution >= 4 is 0 Å². The minimum Gasteiger partial charge on any atom is -0.312 e. The van der Waals surface area contributed by atoms with E-state index < -0.39 is 0 Å². The second kappa shape index (κ2) is 4.91. The molecule has 1 aromatic rings. The Kier molecular flexibility index (Phi) is 4.03. The molecule has 0 aliphatic carbocycles. The monoisotopic (exact) mass is 221 g/mol. The summed E-state index contributed by atoms with van der Waals surface area (Å²) in [7, 11) is 0. The van der Waals surface area contributed by atoms with Gasteiger partial charge in [0.1, 0.15) is 6.33 Å². The zero-order valence-electron chi connectivity index (χ0n) is 11.0. The van der Waals surface area contributed by atoms with Crippen LogP contribution in [0.2, 0.25) is 0 Å². The molecule has 90 valence electrons. The van der Waals surface area contributed by atoms with E-state index in [2.05, 4.69) is 49.9 Å². The van der Waals surface area contributed by atoms with Gasteiger partial charge in [-0.1, -0.05) is 13.8 Å². The highest BCUT2D eigenvalue weighted by Gasteiger charge is 2.21. The fourth-order valence-corrected chi connectivity index (χ4v) is 1.54.